The number of hydrogen-bond acceptors (Lipinski definition) is 4. The van der Waals surface area contributed by atoms with Crippen LogP contribution < -0.4 is 5.32 Å². The van der Waals surface area contributed by atoms with E-state index in [2.05, 4.69) is 43.5 Å². The van der Waals surface area contributed by atoms with E-state index in [0.717, 1.165) is 38.5 Å². The molecule has 0 radical (unpaired) electrons. The van der Waals surface area contributed by atoms with E-state index in [-0.39, 0.29) is 6.61 Å². The highest BCUT2D eigenvalue weighted by molar-refractivity contribution is 5.80. The molecule has 0 bridgehead atoms. The topological polar surface area (TPSA) is 89.8 Å². The Labute approximate surface area is 470 Å². The molecule has 3 unspecified atom stereocenters. The van der Waals surface area contributed by atoms with Gasteiger partial charge in [-0.25, -0.2) is 0 Å². The van der Waals surface area contributed by atoms with E-state index < -0.39 is 24.2 Å². The van der Waals surface area contributed by atoms with Crippen molar-refractivity contribution in [3.8, 4) is 0 Å². The summed E-state index contributed by atoms with van der Waals surface area (Å²) in [4.78, 5) is 12.6. The molecule has 1 amide bonds. The number of amides is 1. The first-order valence-electron chi connectivity index (χ1n) is 34.3. The fourth-order valence-corrected chi connectivity index (χ4v) is 10.9. The van der Waals surface area contributed by atoms with Gasteiger partial charge in [0, 0.05) is 0 Å². The maximum atomic E-state index is 12.6. The van der Waals surface area contributed by atoms with Crippen molar-refractivity contribution >= 4 is 5.91 Å². The SMILES string of the molecule is CCCCCCCCCCCCCCC/C=C\C/C=C\CCCCCCCCCCCCCCCCCCC(O)C(=O)NC(CO)C(O)/C=C/CCCCCCCCCCCCCCCCCCCCCCCCC. The van der Waals surface area contributed by atoms with Crippen LogP contribution >= 0.6 is 0 Å². The lowest BCUT2D eigenvalue weighted by Crippen LogP contribution is -2.48. The molecule has 0 aliphatic rings. The molecule has 0 aliphatic heterocycles. The van der Waals surface area contributed by atoms with Gasteiger partial charge in [-0.3, -0.25) is 4.79 Å². The van der Waals surface area contributed by atoms with Gasteiger partial charge in [0.2, 0.25) is 5.91 Å². The van der Waals surface area contributed by atoms with Gasteiger partial charge in [-0.15, -0.1) is 0 Å². The van der Waals surface area contributed by atoms with Crippen molar-refractivity contribution in [2.75, 3.05) is 6.61 Å². The van der Waals surface area contributed by atoms with Gasteiger partial charge in [-0.05, 0) is 51.4 Å². The molecule has 5 nitrogen and oxygen atoms in total. The van der Waals surface area contributed by atoms with Crippen LogP contribution in [-0.4, -0.2) is 46.1 Å². The molecule has 0 spiro atoms. The third kappa shape index (κ3) is 60.1. The van der Waals surface area contributed by atoms with Gasteiger partial charge >= 0.3 is 0 Å². The van der Waals surface area contributed by atoms with Gasteiger partial charge in [-0.2, -0.15) is 0 Å². The molecule has 4 N–H and O–H groups in total. The Kier molecular flexibility index (Phi) is 63.8. The average Bonchev–Trinajstić information content (AvgIpc) is 3.41. The van der Waals surface area contributed by atoms with Crippen molar-refractivity contribution < 1.29 is 20.1 Å². The van der Waals surface area contributed by atoms with Crippen LogP contribution in [0.2, 0.25) is 0 Å². The highest BCUT2D eigenvalue weighted by atomic mass is 16.3. The van der Waals surface area contributed by atoms with E-state index in [1.165, 1.54) is 321 Å². The molecule has 0 aromatic heterocycles. The highest BCUT2D eigenvalue weighted by Crippen LogP contribution is 2.19. The summed E-state index contributed by atoms with van der Waals surface area (Å²) in [6, 6.07) is -0.799. The summed E-state index contributed by atoms with van der Waals surface area (Å²) >= 11 is 0. The van der Waals surface area contributed by atoms with Crippen molar-refractivity contribution in [1.82, 2.24) is 5.32 Å². The second kappa shape index (κ2) is 65.1. The quantitative estimate of drug-likeness (QED) is 0.0361. The third-order valence-corrected chi connectivity index (χ3v) is 16.2. The molecule has 0 saturated heterocycles. The van der Waals surface area contributed by atoms with Crippen LogP contribution in [0.3, 0.4) is 0 Å². The molecule has 0 aliphatic carbocycles. The Morgan fingerprint density at radius 1 is 0.333 bits per heavy atom. The lowest BCUT2D eigenvalue weighted by Gasteiger charge is -2.21. The van der Waals surface area contributed by atoms with Gasteiger partial charge in [0.25, 0.3) is 0 Å². The smallest absolute Gasteiger partial charge is 0.249 e. The molecule has 0 heterocycles. The molecular weight excluding hydrogens is 919 g/mol. The summed E-state index contributed by atoms with van der Waals surface area (Å²) in [5.41, 5.74) is 0. The van der Waals surface area contributed by atoms with Crippen LogP contribution in [0.25, 0.3) is 0 Å². The zero-order valence-corrected chi connectivity index (χ0v) is 51.0. The van der Waals surface area contributed by atoms with Gasteiger partial charge in [0.15, 0.2) is 0 Å². The lowest BCUT2D eigenvalue weighted by molar-refractivity contribution is -0.131. The minimum atomic E-state index is -1.10. The summed E-state index contributed by atoms with van der Waals surface area (Å²) in [7, 11) is 0. The molecule has 0 saturated carbocycles. The molecule has 5 heteroatoms. The second-order valence-electron chi connectivity index (χ2n) is 23.7. The Bertz CT molecular complexity index is 1170. The van der Waals surface area contributed by atoms with E-state index in [1.807, 2.05) is 6.08 Å². The number of carbonyl (C=O) groups excluding carboxylic acids is 1. The lowest BCUT2D eigenvalue weighted by atomic mass is 10.0. The zero-order chi connectivity index (χ0) is 54.3. The largest absolute Gasteiger partial charge is 0.394 e. The van der Waals surface area contributed by atoms with Gasteiger partial charge < -0.3 is 20.6 Å². The summed E-state index contributed by atoms with van der Waals surface area (Å²) < 4.78 is 0. The molecule has 0 aromatic carbocycles. The van der Waals surface area contributed by atoms with Crippen LogP contribution in [0, 0.1) is 0 Å². The van der Waals surface area contributed by atoms with E-state index in [4.69, 9.17) is 0 Å². The van der Waals surface area contributed by atoms with Crippen LogP contribution in [0.15, 0.2) is 36.5 Å². The fraction of sp³-hybridized carbons (Fsp3) is 0.900. The summed E-state index contributed by atoms with van der Waals surface area (Å²) in [5, 5.41) is 33.5. The number of rotatable bonds is 64. The number of carbonyl (C=O) groups is 1. The predicted molar refractivity (Wildman–Crippen MR) is 333 cm³/mol. The number of aliphatic hydroxyl groups excluding tert-OH is 3. The van der Waals surface area contributed by atoms with Crippen molar-refractivity contribution in [1.29, 1.82) is 0 Å². The molecule has 0 aromatic rings. The first-order valence-corrected chi connectivity index (χ1v) is 34.3. The summed E-state index contributed by atoms with van der Waals surface area (Å²) in [6.07, 6.45) is 87.1. The third-order valence-electron chi connectivity index (χ3n) is 16.2. The van der Waals surface area contributed by atoms with Crippen molar-refractivity contribution in [2.45, 2.75) is 398 Å². The van der Waals surface area contributed by atoms with Gasteiger partial charge in [0.1, 0.15) is 6.10 Å². The summed E-state index contributed by atoms with van der Waals surface area (Å²) in [5.74, 6) is -0.497. The maximum Gasteiger partial charge on any atom is 0.249 e. The van der Waals surface area contributed by atoms with Gasteiger partial charge in [0.05, 0.1) is 18.8 Å². The Balaban J connectivity index is 3.50. The minimum Gasteiger partial charge on any atom is -0.394 e. The van der Waals surface area contributed by atoms with Crippen molar-refractivity contribution in [2.24, 2.45) is 0 Å². The van der Waals surface area contributed by atoms with Gasteiger partial charge in [-0.1, -0.05) is 365 Å². The number of hydrogen-bond donors (Lipinski definition) is 4. The predicted octanol–water partition coefficient (Wildman–Crippen LogP) is 22.1. The molecule has 0 fully saturated rings. The normalized spacial score (nSPS) is 13.3. The Hall–Kier alpha value is -1.43. The van der Waals surface area contributed by atoms with Crippen molar-refractivity contribution in [3.63, 3.8) is 0 Å². The van der Waals surface area contributed by atoms with Crippen LogP contribution in [0.1, 0.15) is 380 Å². The molecule has 444 valence electrons. The van der Waals surface area contributed by atoms with E-state index in [9.17, 15) is 20.1 Å². The van der Waals surface area contributed by atoms with Crippen molar-refractivity contribution in [3.05, 3.63) is 36.5 Å². The van der Waals surface area contributed by atoms with E-state index >= 15 is 0 Å². The first kappa shape index (κ1) is 73.6. The minimum absolute atomic E-state index is 0.361. The molecule has 3 atom stereocenters. The monoisotopic (exact) mass is 1050 g/mol. The number of aliphatic hydroxyl groups is 3. The zero-order valence-electron chi connectivity index (χ0n) is 51.0. The molecule has 0 rings (SSSR count). The number of unbranched alkanes of at least 4 members (excludes halogenated alkanes) is 52. The average molecular weight is 1050 g/mol. The first-order chi connectivity index (χ1) is 37.1. The highest BCUT2D eigenvalue weighted by Gasteiger charge is 2.22. The van der Waals surface area contributed by atoms with E-state index in [1.54, 1.807) is 6.08 Å². The fourth-order valence-electron chi connectivity index (χ4n) is 10.9. The Morgan fingerprint density at radius 2 is 0.573 bits per heavy atom. The second-order valence-corrected chi connectivity index (χ2v) is 23.7. The summed E-state index contributed by atoms with van der Waals surface area (Å²) in [6.45, 7) is 4.23. The number of nitrogens with one attached hydrogen (secondary N) is 1. The Morgan fingerprint density at radius 3 is 0.840 bits per heavy atom. The van der Waals surface area contributed by atoms with E-state index in [0.29, 0.717) is 6.42 Å². The number of allylic oxidation sites excluding steroid dienone is 5. The van der Waals surface area contributed by atoms with Crippen LogP contribution in [0.4, 0.5) is 0 Å². The van der Waals surface area contributed by atoms with Crippen LogP contribution in [0.5, 0.6) is 0 Å². The molecular formula is C70H135NO4. The maximum absolute atomic E-state index is 12.6. The molecule has 75 heavy (non-hydrogen) atoms. The van der Waals surface area contributed by atoms with Crippen LogP contribution in [-0.2, 0) is 4.79 Å². The standard InChI is InChI=1S/C70H135NO4/c1-3-5-7-9-11-13-15-17-19-21-23-25-27-29-30-31-32-33-34-35-36-37-38-39-41-43-45-47-49-51-53-55-57-59-61-63-65-69(74)70(75)71-67(66-72)68(73)64-62-60-58-56-54-52-50-48-46-44-42-40-28-26-24-22-20-18-16-14-12-10-8-6-4-2/h30-31,33-34,62,64,67-69,72-74H,3-29,32,35-61,63,65-66H2,1-2H3,(H,71,75)/b31-30-,34-33-,64-62+.